The number of aromatic nitrogens is 4. The van der Waals surface area contributed by atoms with E-state index in [2.05, 4.69) is 15.1 Å². The summed E-state index contributed by atoms with van der Waals surface area (Å²) in [4.78, 5) is 18.8. The van der Waals surface area contributed by atoms with Crippen LogP contribution in [0.5, 0.6) is 0 Å². The number of nitrogens with one attached hydrogen (secondary N) is 1. The van der Waals surface area contributed by atoms with E-state index in [0.717, 1.165) is 34.5 Å². The zero-order valence-electron chi connectivity index (χ0n) is 16.9. The summed E-state index contributed by atoms with van der Waals surface area (Å²) in [6.07, 6.45) is 1.41. The van der Waals surface area contributed by atoms with Crippen molar-refractivity contribution in [3.8, 4) is 11.4 Å². The zero-order valence-corrected chi connectivity index (χ0v) is 16.9. The van der Waals surface area contributed by atoms with Crippen LogP contribution in [0.1, 0.15) is 36.4 Å². The van der Waals surface area contributed by atoms with Crippen LogP contribution in [0.2, 0.25) is 0 Å². The molecule has 0 fully saturated rings. The van der Waals surface area contributed by atoms with Gasteiger partial charge in [0.2, 0.25) is 0 Å². The second-order valence-corrected chi connectivity index (χ2v) is 7.23. The van der Waals surface area contributed by atoms with Gasteiger partial charge in [0.1, 0.15) is 11.3 Å². The number of aliphatic carboxylic acids is 1. The molecule has 0 spiro atoms. The average Bonchev–Trinajstić information content (AvgIpc) is 3.30. The molecule has 4 aromatic rings. The molecule has 0 unspecified atom stereocenters. The number of hydrogen-bond donors (Lipinski definition) is 2. The number of nitrogens with zero attached hydrogens (tertiary/aromatic N) is 3. The van der Waals surface area contributed by atoms with Crippen LogP contribution in [0, 0.1) is 5.82 Å². The maximum atomic E-state index is 13.9. The maximum absolute atomic E-state index is 13.9. The number of rotatable bonds is 7. The Morgan fingerprint density at radius 1 is 1.13 bits per heavy atom. The van der Waals surface area contributed by atoms with Gasteiger partial charge in [0, 0.05) is 16.8 Å². The lowest BCUT2D eigenvalue weighted by molar-refractivity contribution is -0.136. The van der Waals surface area contributed by atoms with Crippen molar-refractivity contribution < 1.29 is 14.3 Å². The van der Waals surface area contributed by atoms with E-state index < -0.39 is 5.97 Å². The number of fused-ring (bicyclic) bond motifs is 1. The Labute approximate surface area is 173 Å². The smallest absolute Gasteiger partial charge is 0.307 e. The van der Waals surface area contributed by atoms with Gasteiger partial charge in [-0.15, -0.1) is 0 Å². The molecule has 7 heteroatoms. The minimum Gasteiger partial charge on any atom is -0.481 e. The van der Waals surface area contributed by atoms with Crippen LogP contribution in [0.4, 0.5) is 4.39 Å². The Hall–Kier alpha value is -3.48. The molecular weight excluding hydrogens is 383 g/mol. The SMILES string of the molecule is CCc1nn(Cc2ccc(-c3nc4c(F)cccc4[nH]3)cc2)c(CC)c1CC(=O)O. The van der Waals surface area contributed by atoms with Gasteiger partial charge in [-0.05, 0) is 30.5 Å². The van der Waals surface area contributed by atoms with Gasteiger partial charge in [-0.2, -0.15) is 5.10 Å². The van der Waals surface area contributed by atoms with Crippen molar-refractivity contribution in [1.29, 1.82) is 0 Å². The van der Waals surface area contributed by atoms with E-state index in [9.17, 15) is 14.3 Å². The number of carboxylic acids is 1. The minimum absolute atomic E-state index is 0.00605. The van der Waals surface area contributed by atoms with Crippen LogP contribution >= 0.6 is 0 Å². The lowest BCUT2D eigenvalue weighted by Crippen LogP contribution is -2.08. The van der Waals surface area contributed by atoms with Crippen LogP contribution in [-0.2, 0) is 30.6 Å². The quantitative estimate of drug-likeness (QED) is 0.477. The molecule has 0 aliphatic rings. The Morgan fingerprint density at radius 2 is 1.90 bits per heavy atom. The summed E-state index contributed by atoms with van der Waals surface area (Å²) in [5.74, 6) is -0.570. The molecule has 0 atom stereocenters. The highest BCUT2D eigenvalue weighted by molar-refractivity contribution is 5.79. The third-order valence-electron chi connectivity index (χ3n) is 5.27. The van der Waals surface area contributed by atoms with E-state index in [1.165, 1.54) is 6.07 Å². The number of H-pyrrole nitrogens is 1. The molecule has 0 radical (unpaired) electrons. The predicted octanol–water partition coefficient (Wildman–Crippen LogP) is 4.37. The fourth-order valence-corrected chi connectivity index (χ4v) is 3.83. The number of carbonyl (C=O) groups is 1. The van der Waals surface area contributed by atoms with Gasteiger partial charge < -0.3 is 10.1 Å². The molecule has 6 nitrogen and oxygen atoms in total. The summed E-state index contributed by atoms with van der Waals surface area (Å²) < 4.78 is 15.8. The van der Waals surface area contributed by atoms with Gasteiger partial charge in [0.25, 0.3) is 0 Å². The summed E-state index contributed by atoms with van der Waals surface area (Å²) in [5.41, 5.74) is 5.54. The first-order valence-electron chi connectivity index (χ1n) is 10.0. The van der Waals surface area contributed by atoms with Gasteiger partial charge in [-0.3, -0.25) is 9.48 Å². The molecule has 0 saturated carbocycles. The first-order chi connectivity index (χ1) is 14.5. The van der Waals surface area contributed by atoms with E-state index in [0.29, 0.717) is 29.8 Å². The Balaban J connectivity index is 1.61. The van der Waals surface area contributed by atoms with Crippen LogP contribution in [0.3, 0.4) is 0 Å². The van der Waals surface area contributed by atoms with Gasteiger partial charge in [-0.1, -0.05) is 44.2 Å². The number of para-hydroxylation sites is 1. The van der Waals surface area contributed by atoms with Gasteiger partial charge in [0.05, 0.1) is 24.2 Å². The van der Waals surface area contributed by atoms with Gasteiger partial charge >= 0.3 is 5.97 Å². The lowest BCUT2D eigenvalue weighted by atomic mass is 10.1. The molecule has 0 aliphatic carbocycles. The molecule has 4 rings (SSSR count). The molecule has 2 aromatic carbocycles. The van der Waals surface area contributed by atoms with Gasteiger partial charge in [0.15, 0.2) is 5.82 Å². The summed E-state index contributed by atoms with van der Waals surface area (Å²) in [5, 5.41) is 13.9. The molecular formula is C23H23FN4O2. The van der Waals surface area contributed by atoms with Crippen molar-refractivity contribution in [3.05, 3.63) is 70.8 Å². The van der Waals surface area contributed by atoms with Crippen LogP contribution < -0.4 is 0 Å². The van der Waals surface area contributed by atoms with Crippen molar-refractivity contribution in [1.82, 2.24) is 19.7 Å². The molecule has 2 heterocycles. The maximum Gasteiger partial charge on any atom is 0.307 e. The van der Waals surface area contributed by atoms with Crippen LogP contribution in [0.15, 0.2) is 42.5 Å². The van der Waals surface area contributed by atoms with Crippen molar-refractivity contribution >= 4 is 17.0 Å². The van der Waals surface area contributed by atoms with Gasteiger partial charge in [-0.25, -0.2) is 9.37 Å². The Bertz CT molecular complexity index is 1210. The minimum atomic E-state index is -0.842. The second-order valence-electron chi connectivity index (χ2n) is 7.23. The van der Waals surface area contributed by atoms with E-state index >= 15 is 0 Å². The molecule has 0 amide bonds. The van der Waals surface area contributed by atoms with E-state index in [1.54, 1.807) is 12.1 Å². The summed E-state index contributed by atoms with van der Waals surface area (Å²) in [7, 11) is 0. The monoisotopic (exact) mass is 406 g/mol. The third-order valence-corrected chi connectivity index (χ3v) is 5.27. The first kappa shape index (κ1) is 19.8. The highest BCUT2D eigenvalue weighted by Gasteiger charge is 2.18. The summed E-state index contributed by atoms with van der Waals surface area (Å²) in [6.45, 7) is 4.56. The second kappa shape index (κ2) is 8.10. The topological polar surface area (TPSA) is 83.8 Å². The number of carboxylic acid groups (broad SMARTS) is 1. The average molecular weight is 406 g/mol. The molecule has 2 aromatic heterocycles. The fraction of sp³-hybridized carbons (Fsp3) is 0.261. The van der Waals surface area contributed by atoms with E-state index in [4.69, 9.17) is 0 Å². The number of imidazole rings is 1. The highest BCUT2D eigenvalue weighted by Crippen LogP contribution is 2.23. The van der Waals surface area contributed by atoms with Crippen molar-refractivity contribution in [2.75, 3.05) is 0 Å². The molecule has 0 aliphatic heterocycles. The normalized spacial score (nSPS) is 11.3. The number of aromatic amines is 1. The van der Waals surface area contributed by atoms with Crippen LogP contribution in [0.25, 0.3) is 22.4 Å². The van der Waals surface area contributed by atoms with Crippen molar-refractivity contribution in [2.24, 2.45) is 0 Å². The molecule has 0 saturated heterocycles. The molecule has 154 valence electrons. The zero-order chi connectivity index (χ0) is 21.3. The molecule has 2 N–H and O–H groups in total. The summed E-state index contributed by atoms with van der Waals surface area (Å²) in [6, 6.07) is 12.7. The highest BCUT2D eigenvalue weighted by atomic mass is 19.1. The summed E-state index contributed by atoms with van der Waals surface area (Å²) >= 11 is 0. The fourth-order valence-electron chi connectivity index (χ4n) is 3.83. The van der Waals surface area contributed by atoms with Crippen molar-refractivity contribution in [2.45, 2.75) is 39.7 Å². The number of benzene rings is 2. The number of hydrogen-bond acceptors (Lipinski definition) is 3. The molecule has 0 bridgehead atoms. The third kappa shape index (κ3) is 3.70. The number of aryl methyl sites for hydroxylation is 1. The first-order valence-corrected chi connectivity index (χ1v) is 10.0. The number of halogens is 1. The molecule has 30 heavy (non-hydrogen) atoms. The van der Waals surface area contributed by atoms with Crippen LogP contribution in [-0.4, -0.2) is 30.8 Å². The predicted molar refractivity (Wildman–Crippen MR) is 113 cm³/mol. The largest absolute Gasteiger partial charge is 0.481 e. The van der Waals surface area contributed by atoms with E-state index in [-0.39, 0.29) is 12.2 Å². The Morgan fingerprint density at radius 3 is 2.53 bits per heavy atom. The van der Waals surface area contributed by atoms with Crippen molar-refractivity contribution in [3.63, 3.8) is 0 Å². The Kier molecular flexibility index (Phi) is 5.35. The lowest BCUT2D eigenvalue weighted by Gasteiger charge is -2.08. The standard InChI is InChI=1S/C23H23FN4O2/c1-3-18-16(12-21(29)30)20(4-2)28(27-18)13-14-8-10-15(11-9-14)23-25-19-7-5-6-17(24)22(19)26-23/h5-11H,3-4,12-13H2,1-2H3,(H,25,26)(H,29,30). The van der Waals surface area contributed by atoms with E-state index in [1.807, 2.05) is 42.8 Å².